The molecule has 0 aliphatic carbocycles. The molecule has 0 spiro atoms. The first-order valence-electron chi connectivity index (χ1n) is 10.9. The molecule has 0 unspecified atom stereocenters. The second-order valence-electron chi connectivity index (χ2n) is 7.92. The summed E-state index contributed by atoms with van der Waals surface area (Å²) in [7, 11) is 1.71. The quantitative estimate of drug-likeness (QED) is 0.317. The highest BCUT2D eigenvalue weighted by Gasteiger charge is 2.20. The summed E-state index contributed by atoms with van der Waals surface area (Å²) in [4.78, 5) is 11.9. The van der Waals surface area contributed by atoms with Gasteiger partial charge in [-0.15, -0.1) is 24.0 Å². The van der Waals surface area contributed by atoms with Crippen molar-refractivity contribution >= 4 is 29.9 Å². The predicted molar refractivity (Wildman–Crippen MR) is 138 cm³/mol. The molecule has 0 amide bonds. The maximum absolute atomic E-state index is 5.52. The largest absolute Gasteiger partial charge is 0.496 e. The molecule has 1 saturated heterocycles. The lowest BCUT2D eigenvalue weighted by atomic mass is 10.0. The van der Waals surface area contributed by atoms with Crippen molar-refractivity contribution in [2.45, 2.75) is 52.7 Å². The summed E-state index contributed by atoms with van der Waals surface area (Å²) in [6, 6.07) is 11.2. The molecule has 0 radical (unpaired) electrons. The van der Waals surface area contributed by atoms with Gasteiger partial charge >= 0.3 is 0 Å². The molecule has 1 aliphatic rings. The molecule has 3 rings (SSSR count). The summed E-state index contributed by atoms with van der Waals surface area (Å²) < 4.78 is 5.52. The van der Waals surface area contributed by atoms with Crippen molar-refractivity contribution in [3.63, 3.8) is 0 Å². The number of guanidine groups is 1. The third kappa shape index (κ3) is 7.35. The molecule has 1 aliphatic heterocycles. The first-order chi connectivity index (χ1) is 14.6. The number of hydrogen-bond donors (Lipinski definition) is 2. The fourth-order valence-corrected chi connectivity index (χ4v) is 3.97. The van der Waals surface area contributed by atoms with Gasteiger partial charge in [0.25, 0.3) is 0 Å². The van der Waals surface area contributed by atoms with Gasteiger partial charge in [0, 0.05) is 49.5 Å². The summed E-state index contributed by atoms with van der Waals surface area (Å²) in [5.41, 5.74) is 4.45. The van der Waals surface area contributed by atoms with Gasteiger partial charge in [-0.2, -0.15) is 0 Å². The zero-order chi connectivity index (χ0) is 21.3. The number of nitrogens with zero attached hydrogens (tertiary/aromatic N) is 3. The average molecular weight is 537 g/mol. The molecule has 0 saturated carbocycles. The van der Waals surface area contributed by atoms with E-state index in [1.54, 1.807) is 7.11 Å². The Morgan fingerprint density at radius 2 is 1.90 bits per heavy atom. The molecular formula is C24H36IN5O. The van der Waals surface area contributed by atoms with Crippen LogP contribution in [0.3, 0.4) is 0 Å². The van der Waals surface area contributed by atoms with Crippen molar-refractivity contribution in [1.82, 2.24) is 20.5 Å². The summed E-state index contributed by atoms with van der Waals surface area (Å²) in [6.45, 7) is 10.8. The van der Waals surface area contributed by atoms with Crippen LogP contribution in [0.4, 0.5) is 0 Å². The summed E-state index contributed by atoms with van der Waals surface area (Å²) in [6.07, 6.45) is 4.10. The first-order valence-corrected chi connectivity index (χ1v) is 10.9. The molecule has 2 heterocycles. The van der Waals surface area contributed by atoms with Crippen LogP contribution in [-0.4, -0.2) is 48.6 Å². The number of nitrogens with one attached hydrogen (secondary N) is 2. The van der Waals surface area contributed by atoms with Gasteiger partial charge in [0.2, 0.25) is 0 Å². The molecule has 1 aromatic carbocycles. The Balaban J connectivity index is 0.00000341. The third-order valence-electron chi connectivity index (χ3n) is 5.66. The molecule has 1 fully saturated rings. The number of aromatic nitrogens is 1. The van der Waals surface area contributed by atoms with Gasteiger partial charge < -0.3 is 15.4 Å². The van der Waals surface area contributed by atoms with E-state index in [2.05, 4.69) is 57.8 Å². The standard InChI is InChI=1S/C24H35N5O.HI/c1-5-25-24(27-16-22-19(3)23(30-4)18(2)15-26-22)28-21-11-13-29(14-12-21)17-20-9-7-6-8-10-20;/h6-10,15,21H,5,11-14,16-17H2,1-4H3,(H2,25,27,28);1H. The number of pyridine rings is 1. The fourth-order valence-electron chi connectivity index (χ4n) is 3.97. The number of likely N-dealkylation sites (tertiary alicyclic amines) is 1. The van der Waals surface area contributed by atoms with Crippen LogP contribution in [0.15, 0.2) is 41.5 Å². The topological polar surface area (TPSA) is 61.8 Å². The van der Waals surface area contributed by atoms with Crippen LogP contribution in [0, 0.1) is 13.8 Å². The van der Waals surface area contributed by atoms with Crippen LogP contribution in [0.1, 0.15) is 42.1 Å². The van der Waals surface area contributed by atoms with Crippen LogP contribution >= 0.6 is 24.0 Å². The Labute approximate surface area is 203 Å². The van der Waals surface area contributed by atoms with Gasteiger partial charge in [-0.3, -0.25) is 9.88 Å². The minimum atomic E-state index is 0. The number of rotatable bonds is 7. The zero-order valence-corrected chi connectivity index (χ0v) is 21.5. The lowest BCUT2D eigenvalue weighted by Gasteiger charge is -2.33. The summed E-state index contributed by atoms with van der Waals surface area (Å²) in [5.74, 6) is 1.76. The number of halogens is 1. The van der Waals surface area contributed by atoms with E-state index in [-0.39, 0.29) is 24.0 Å². The number of hydrogen-bond acceptors (Lipinski definition) is 4. The van der Waals surface area contributed by atoms with Gasteiger partial charge in [0.05, 0.1) is 19.3 Å². The average Bonchev–Trinajstić information content (AvgIpc) is 2.76. The van der Waals surface area contributed by atoms with Gasteiger partial charge in [-0.1, -0.05) is 30.3 Å². The van der Waals surface area contributed by atoms with Crippen molar-refractivity contribution in [3.05, 3.63) is 58.9 Å². The fraction of sp³-hybridized carbons (Fsp3) is 0.500. The first kappa shape index (κ1) is 25.4. The Kier molecular flexibility index (Phi) is 10.5. The maximum Gasteiger partial charge on any atom is 0.191 e. The Hall–Kier alpha value is -1.87. The molecule has 170 valence electrons. The normalized spacial score (nSPS) is 15.3. The van der Waals surface area contributed by atoms with Crippen LogP contribution in [0.5, 0.6) is 5.75 Å². The highest BCUT2D eigenvalue weighted by molar-refractivity contribution is 14.0. The maximum atomic E-state index is 5.52. The number of aliphatic imine (C=N–C) groups is 1. The molecule has 6 nitrogen and oxygen atoms in total. The molecule has 1 aromatic heterocycles. The van der Waals surface area contributed by atoms with E-state index < -0.39 is 0 Å². The lowest BCUT2D eigenvalue weighted by Crippen LogP contribution is -2.48. The summed E-state index contributed by atoms with van der Waals surface area (Å²) >= 11 is 0. The third-order valence-corrected chi connectivity index (χ3v) is 5.66. The molecule has 2 aromatic rings. The van der Waals surface area contributed by atoms with Gasteiger partial charge in [-0.25, -0.2) is 4.99 Å². The minimum Gasteiger partial charge on any atom is -0.496 e. The van der Waals surface area contributed by atoms with Crippen LogP contribution in [0.2, 0.25) is 0 Å². The van der Waals surface area contributed by atoms with E-state index in [0.29, 0.717) is 12.6 Å². The highest BCUT2D eigenvalue weighted by atomic mass is 127. The number of methoxy groups -OCH3 is 1. The van der Waals surface area contributed by atoms with Crippen molar-refractivity contribution in [2.24, 2.45) is 4.99 Å². The second kappa shape index (κ2) is 12.9. The van der Waals surface area contributed by atoms with E-state index >= 15 is 0 Å². The van der Waals surface area contributed by atoms with Gasteiger partial charge in [-0.05, 0) is 39.2 Å². The van der Waals surface area contributed by atoms with Crippen molar-refractivity contribution in [3.8, 4) is 5.75 Å². The van der Waals surface area contributed by atoms with Gasteiger partial charge in [0.15, 0.2) is 5.96 Å². The zero-order valence-electron chi connectivity index (χ0n) is 19.1. The van der Waals surface area contributed by atoms with E-state index in [1.807, 2.05) is 20.0 Å². The van der Waals surface area contributed by atoms with Crippen LogP contribution in [-0.2, 0) is 13.1 Å². The number of piperidine rings is 1. The summed E-state index contributed by atoms with van der Waals surface area (Å²) in [5, 5.41) is 7.00. The molecule has 2 N–H and O–H groups in total. The van der Waals surface area contributed by atoms with E-state index in [1.165, 1.54) is 5.56 Å². The van der Waals surface area contributed by atoms with Crippen LogP contribution < -0.4 is 15.4 Å². The Morgan fingerprint density at radius 3 is 2.55 bits per heavy atom. The SMILES string of the molecule is CCNC(=NCc1ncc(C)c(OC)c1C)NC1CCN(Cc2ccccc2)CC1.I. The molecule has 7 heteroatoms. The van der Waals surface area contributed by atoms with Gasteiger partial charge in [0.1, 0.15) is 5.75 Å². The number of ether oxygens (including phenoxy) is 1. The molecule has 31 heavy (non-hydrogen) atoms. The number of aryl methyl sites for hydroxylation is 1. The molecule has 0 bridgehead atoms. The monoisotopic (exact) mass is 537 g/mol. The lowest BCUT2D eigenvalue weighted by molar-refractivity contribution is 0.198. The smallest absolute Gasteiger partial charge is 0.191 e. The van der Waals surface area contributed by atoms with Crippen molar-refractivity contribution in [2.75, 3.05) is 26.7 Å². The molecular weight excluding hydrogens is 501 g/mol. The van der Waals surface area contributed by atoms with Crippen LogP contribution in [0.25, 0.3) is 0 Å². The Bertz CT molecular complexity index is 835. The second-order valence-corrected chi connectivity index (χ2v) is 7.92. The van der Waals surface area contributed by atoms with E-state index in [9.17, 15) is 0 Å². The minimum absolute atomic E-state index is 0. The predicted octanol–water partition coefficient (Wildman–Crippen LogP) is 4.04. The van der Waals surface area contributed by atoms with Crippen molar-refractivity contribution in [1.29, 1.82) is 0 Å². The van der Waals surface area contributed by atoms with E-state index in [0.717, 1.165) is 67.6 Å². The number of benzene rings is 1. The van der Waals surface area contributed by atoms with Crippen molar-refractivity contribution < 1.29 is 4.74 Å². The highest BCUT2D eigenvalue weighted by Crippen LogP contribution is 2.24. The molecule has 0 atom stereocenters. The Morgan fingerprint density at radius 1 is 1.19 bits per heavy atom. The van der Waals surface area contributed by atoms with E-state index in [4.69, 9.17) is 9.73 Å².